The standard InChI is InChI=1S/C22H21N3O4/c1-14(25-21(28)17-5-2-3-6-18(17)22(25)29)20(27)23-13-15-8-10-16(11-9-15)24-12-4-7-19(24)26/h2-3,5-6,8-11,14H,4,7,12-13H2,1H3,(H,23,27). The number of hydrogen-bond donors (Lipinski definition) is 1. The van der Waals surface area contributed by atoms with E-state index >= 15 is 0 Å². The number of rotatable bonds is 5. The summed E-state index contributed by atoms with van der Waals surface area (Å²) in [6, 6.07) is 13.1. The Morgan fingerprint density at radius 2 is 1.62 bits per heavy atom. The van der Waals surface area contributed by atoms with Crippen LogP contribution < -0.4 is 10.2 Å². The Hall–Kier alpha value is -3.48. The number of hydrogen-bond acceptors (Lipinski definition) is 4. The average molecular weight is 391 g/mol. The Kier molecular flexibility index (Phi) is 4.88. The van der Waals surface area contributed by atoms with E-state index in [0.717, 1.165) is 29.1 Å². The summed E-state index contributed by atoms with van der Waals surface area (Å²) < 4.78 is 0. The maximum Gasteiger partial charge on any atom is 0.262 e. The van der Waals surface area contributed by atoms with E-state index in [0.29, 0.717) is 17.5 Å². The van der Waals surface area contributed by atoms with Gasteiger partial charge in [-0.1, -0.05) is 24.3 Å². The van der Waals surface area contributed by atoms with Gasteiger partial charge in [0.05, 0.1) is 11.1 Å². The van der Waals surface area contributed by atoms with E-state index in [1.807, 2.05) is 24.3 Å². The second-order valence-corrected chi connectivity index (χ2v) is 7.24. The first kappa shape index (κ1) is 18.9. The molecule has 2 aliphatic rings. The lowest BCUT2D eigenvalue weighted by Crippen LogP contribution is -2.47. The fourth-order valence-corrected chi connectivity index (χ4v) is 3.73. The Labute approximate surface area is 168 Å². The second-order valence-electron chi connectivity index (χ2n) is 7.24. The molecule has 1 unspecified atom stereocenters. The van der Waals surface area contributed by atoms with Gasteiger partial charge < -0.3 is 10.2 Å². The number of nitrogens with one attached hydrogen (secondary N) is 1. The predicted molar refractivity (Wildman–Crippen MR) is 106 cm³/mol. The van der Waals surface area contributed by atoms with Gasteiger partial charge in [0.25, 0.3) is 11.8 Å². The molecule has 2 aliphatic heterocycles. The lowest BCUT2D eigenvalue weighted by atomic mass is 10.1. The van der Waals surface area contributed by atoms with Crippen molar-refractivity contribution in [2.24, 2.45) is 0 Å². The molecule has 4 amide bonds. The smallest absolute Gasteiger partial charge is 0.262 e. The molecule has 2 aromatic rings. The number of fused-ring (bicyclic) bond motifs is 1. The maximum absolute atomic E-state index is 12.6. The van der Waals surface area contributed by atoms with E-state index in [1.54, 1.807) is 36.1 Å². The van der Waals surface area contributed by atoms with Gasteiger partial charge in [-0.2, -0.15) is 0 Å². The molecule has 7 heteroatoms. The van der Waals surface area contributed by atoms with Gasteiger partial charge in [0.1, 0.15) is 6.04 Å². The van der Waals surface area contributed by atoms with E-state index in [4.69, 9.17) is 0 Å². The molecule has 0 saturated carbocycles. The van der Waals surface area contributed by atoms with Crippen molar-refractivity contribution in [1.82, 2.24) is 10.2 Å². The molecule has 1 fully saturated rings. The minimum absolute atomic E-state index is 0.126. The van der Waals surface area contributed by atoms with Gasteiger partial charge in [-0.05, 0) is 43.2 Å². The van der Waals surface area contributed by atoms with Crippen LogP contribution in [0.2, 0.25) is 0 Å². The summed E-state index contributed by atoms with van der Waals surface area (Å²) in [5.74, 6) is -1.18. The minimum Gasteiger partial charge on any atom is -0.350 e. The van der Waals surface area contributed by atoms with Crippen molar-refractivity contribution in [3.63, 3.8) is 0 Å². The van der Waals surface area contributed by atoms with Crippen LogP contribution in [0.25, 0.3) is 0 Å². The first-order valence-electron chi connectivity index (χ1n) is 9.61. The normalized spacial score (nSPS) is 16.9. The third-order valence-electron chi connectivity index (χ3n) is 5.38. The zero-order valence-electron chi connectivity index (χ0n) is 16.1. The van der Waals surface area contributed by atoms with E-state index in [1.165, 1.54) is 0 Å². The molecule has 1 N–H and O–H groups in total. The van der Waals surface area contributed by atoms with Gasteiger partial charge in [0.15, 0.2) is 0 Å². The molecular weight excluding hydrogens is 370 g/mol. The molecule has 0 bridgehead atoms. The summed E-state index contributed by atoms with van der Waals surface area (Å²) in [6.45, 7) is 2.53. The molecular formula is C22H21N3O4. The second kappa shape index (κ2) is 7.50. The van der Waals surface area contributed by atoms with Crippen LogP contribution in [0, 0.1) is 0 Å². The third kappa shape index (κ3) is 3.40. The summed E-state index contributed by atoms with van der Waals surface area (Å²) in [6.07, 6.45) is 1.44. The van der Waals surface area contributed by atoms with Crippen LogP contribution in [0.15, 0.2) is 48.5 Å². The Morgan fingerprint density at radius 3 is 2.17 bits per heavy atom. The van der Waals surface area contributed by atoms with Gasteiger partial charge in [-0.15, -0.1) is 0 Å². The third-order valence-corrected chi connectivity index (χ3v) is 5.38. The zero-order valence-corrected chi connectivity index (χ0v) is 16.1. The summed E-state index contributed by atoms with van der Waals surface area (Å²) in [7, 11) is 0. The van der Waals surface area contributed by atoms with Gasteiger partial charge in [-0.3, -0.25) is 24.1 Å². The lowest BCUT2D eigenvalue weighted by molar-refractivity contribution is -0.124. The average Bonchev–Trinajstić information content (AvgIpc) is 3.27. The van der Waals surface area contributed by atoms with Gasteiger partial charge in [0, 0.05) is 25.2 Å². The molecule has 2 aromatic carbocycles. The van der Waals surface area contributed by atoms with Crippen molar-refractivity contribution >= 4 is 29.3 Å². The summed E-state index contributed by atoms with van der Waals surface area (Å²) in [4.78, 5) is 52.2. The van der Waals surface area contributed by atoms with Gasteiger partial charge >= 0.3 is 0 Å². The van der Waals surface area contributed by atoms with Gasteiger partial charge in [-0.25, -0.2) is 0 Å². The predicted octanol–water partition coefficient (Wildman–Crippen LogP) is 2.11. The fraction of sp³-hybridized carbons (Fsp3) is 0.273. The number of amides is 4. The number of anilines is 1. The highest BCUT2D eigenvalue weighted by Gasteiger charge is 2.40. The van der Waals surface area contributed by atoms with Crippen molar-refractivity contribution in [3.8, 4) is 0 Å². The Morgan fingerprint density at radius 1 is 1.00 bits per heavy atom. The summed E-state index contributed by atoms with van der Waals surface area (Å²) in [5, 5.41) is 2.78. The lowest BCUT2D eigenvalue weighted by Gasteiger charge is -2.22. The van der Waals surface area contributed by atoms with Crippen molar-refractivity contribution in [3.05, 3.63) is 65.2 Å². The minimum atomic E-state index is -0.913. The van der Waals surface area contributed by atoms with E-state index in [-0.39, 0.29) is 12.5 Å². The fourth-order valence-electron chi connectivity index (χ4n) is 3.73. The molecule has 1 saturated heterocycles. The van der Waals surface area contributed by atoms with Crippen LogP contribution in [0.5, 0.6) is 0 Å². The zero-order chi connectivity index (χ0) is 20.5. The quantitative estimate of drug-likeness (QED) is 0.791. The van der Waals surface area contributed by atoms with E-state index in [9.17, 15) is 19.2 Å². The van der Waals surface area contributed by atoms with Crippen LogP contribution in [0.4, 0.5) is 5.69 Å². The molecule has 7 nitrogen and oxygen atoms in total. The van der Waals surface area contributed by atoms with Crippen LogP contribution in [-0.4, -0.2) is 41.1 Å². The molecule has 0 spiro atoms. The topological polar surface area (TPSA) is 86.8 Å². The van der Waals surface area contributed by atoms with Crippen LogP contribution in [-0.2, 0) is 16.1 Å². The highest BCUT2D eigenvalue weighted by atomic mass is 16.2. The van der Waals surface area contributed by atoms with Gasteiger partial charge in [0.2, 0.25) is 11.8 Å². The highest BCUT2D eigenvalue weighted by Crippen LogP contribution is 2.25. The monoisotopic (exact) mass is 391 g/mol. The highest BCUT2D eigenvalue weighted by molar-refractivity contribution is 6.22. The molecule has 148 valence electrons. The first-order chi connectivity index (χ1) is 14.0. The number of carbonyl (C=O) groups excluding carboxylic acids is 4. The van der Waals surface area contributed by atoms with Crippen LogP contribution in [0.1, 0.15) is 46.0 Å². The molecule has 2 heterocycles. The molecule has 4 rings (SSSR count). The Balaban J connectivity index is 1.38. The van der Waals surface area contributed by atoms with E-state index < -0.39 is 23.8 Å². The summed E-state index contributed by atoms with van der Waals surface area (Å²) >= 11 is 0. The van der Waals surface area contributed by atoms with Crippen molar-refractivity contribution in [2.75, 3.05) is 11.4 Å². The number of imide groups is 1. The SMILES string of the molecule is CC(C(=O)NCc1ccc(N2CCCC2=O)cc1)N1C(=O)c2ccccc2C1=O. The maximum atomic E-state index is 12.6. The molecule has 0 radical (unpaired) electrons. The molecule has 0 aromatic heterocycles. The molecule has 29 heavy (non-hydrogen) atoms. The largest absolute Gasteiger partial charge is 0.350 e. The Bertz CT molecular complexity index is 964. The van der Waals surface area contributed by atoms with Crippen molar-refractivity contribution < 1.29 is 19.2 Å². The number of benzene rings is 2. The molecule has 0 aliphatic carbocycles. The van der Waals surface area contributed by atoms with E-state index in [2.05, 4.69) is 5.32 Å². The van der Waals surface area contributed by atoms with Crippen molar-refractivity contribution in [1.29, 1.82) is 0 Å². The van der Waals surface area contributed by atoms with Crippen LogP contribution >= 0.6 is 0 Å². The van der Waals surface area contributed by atoms with Crippen molar-refractivity contribution in [2.45, 2.75) is 32.4 Å². The first-order valence-corrected chi connectivity index (χ1v) is 9.61. The van der Waals surface area contributed by atoms with Crippen LogP contribution in [0.3, 0.4) is 0 Å². The molecule has 1 atom stereocenters. The number of carbonyl (C=O) groups is 4. The summed E-state index contributed by atoms with van der Waals surface area (Å²) in [5.41, 5.74) is 2.36. The number of nitrogens with zero attached hydrogens (tertiary/aromatic N) is 2.